The second-order valence-electron chi connectivity index (χ2n) is 5.38. The first-order chi connectivity index (χ1) is 9.68. The first kappa shape index (κ1) is 16.3. The molecule has 1 aromatic rings. The smallest absolute Gasteiger partial charge is 0.254 e. The Morgan fingerprint density at radius 2 is 1.86 bits per heavy atom. The van der Waals surface area contributed by atoms with Crippen LogP contribution in [0.25, 0.3) is 0 Å². The summed E-state index contributed by atoms with van der Waals surface area (Å²) in [6.07, 6.45) is 0.986. The standard InChI is InChI=1S/C14H18ClNO4S/c1-9-7-16(8-10(2)20-9)14(17)11-4-5-12(15)13(6-11)21(3,18)19/h4-6,9-10H,7-8H2,1-3H3. The van der Waals surface area contributed by atoms with Gasteiger partial charge in [0.05, 0.1) is 22.1 Å². The van der Waals surface area contributed by atoms with E-state index in [0.717, 1.165) is 6.26 Å². The molecule has 2 rings (SSSR count). The maximum atomic E-state index is 12.5. The van der Waals surface area contributed by atoms with E-state index in [1.165, 1.54) is 12.1 Å². The van der Waals surface area contributed by atoms with E-state index in [-0.39, 0.29) is 28.0 Å². The summed E-state index contributed by atoms with van der Waals surface area (Å²) in [7, 11) is -3.47. The maximum absolute atomic E-state index is 12.5. The second kappa shape index (κ2) is 5.94. The molecule has 2 atom stereocenters. The van der Waals surface area contributed by atoms with Crippen LogP contribution in [0.4, 0.5) is 0 Å². The topological polar surface area (TPSA) is 63.7 Å². The zero-order chi connectivity index (χ0) is 15.8. The fourth-order valence-electron chi connectivity index (χ4n) is 2.45. The number of amides is 1. The van der Waals surface area contributed by atoms with Crippen molar-refractivity contribution in [2.75, 3.05) is 19.3 Å². The van der Waals surface area contributed by atoms with Crippen LogP contribution in [0.2, 0.25) is 5.02 Å². The number of morpholine rings is 1. The Kier molecular flexibility index (Phi) is 4.60. The zero-order valence-electron chi connectivity index (χ0n) is 12.2. The first-order valence-corrected chi connectivity index (χ1v) is 8.89. The lowest BCUT2D eigenvalue weighted by molar-refractivity contribution is -0.0586. The molecule has 1 saturated heterocycles. The Morgan fingerprint density at radius 3 is 2.38 bits per heavy atom. The third-order valence-corrected chi connectivity index (χ3v) is 4.86. The van der Waals surface area contributed by atoms with E-state index in [9.17, 15) is 13.2 Å². The van der Waals surface area contributed by atoms with Crippen LogP contribution < -0.4 is 0 Å². The van der Waals surface area contributed by atoms with Crippen LogP contribution in [0.3, 0.4) is 0 Å². The summed E-state index contributed by atoms with van der Waals surface area (Å²) < 4.78 is 28.9. The summed E-state index contributed by atoms with van der Waals surface area (Å²) in [5.41, 5.74) is 0.320. The van der Waals surface area contributed by atoms with Crippen LogP contribution in [0.15, 0.2) is 23.1 Å². The monoisotopic (exact) mass is 331 g/mol. The van der Waals surface area contributed by atoms with Gasteiger partial charge in [-0.05, 0) is 32.0 Å². The number of ether oxygens (including phenoxy) is 1. The molecule has 1 heterocycles. The zero-order valence-corrected chi connectivity index (χ0v) is 13.7. The third-order valence-electron chi connectivity index (χ3n) is 3.28. The van der Waals surface area contributed by atoms with Gasteiger partial charge in [0, 0.05) is 24.9 Å². The minimum atomic E-state index is -3.47. The number of nitrogens with zero attached hydrogens (tertiary/aromatic N) is 1. The van der Waals surface area contributed by atoms with E-state index in [1.807, 2.05) is 13.8 Å². The Morgan fingerprint density at radius 1 is 1.29 bits per heavy atom. The lowest BCUT2D eigenvalue weighted by atomic mass is 10.1. The van der Waals surface area contributed by atoms with Gasteiger partial charge >= 0.3 is 0 Å². The largest absolute Gasteiger partial charge is 0.372 e. The molecule has 0 spiro atoms. The molecule has 116 valence electrons. The molecule has 1 aliphatic rings. The number of halogens is 1. The summed E-state index contributed by atoms with van der Waals surface area (Å²) in [5, 5.41) is 0.123. The Hall–Kier alpha value is -1.11. The predicted molar refractivity (Wildman–Crippen MR) is 80.5 cm³/mol. The van der Waals surface area contributed by atoms with Gasteiger partial charge in [0.25, 0.3) is 5.91 Å². The van der Waals surface area contributed by atoms with Gasteiger partial charge in [-0.2, -0.15) is 0 Å². The first-order valence-electron chi connectivity index (χ1n) is 6.63. The summed E-state index contributed by atoms with van der Waals surface area (Å²) in [4.78, 5) is 14.2. The van der Waals surface area contributed by atoms with Crippen molar-refractivity contribution in [2.24, 2.45) is 0 Å². The van der Waals surface area contributed by atoms with Crippen LogP contribution in [-0.4, -0.2) is 50.8 Å². The van der Waals surface area contributed by atoms with Crippen molar-refractivity contribution in [1.29, 1.82) is 0 Å². The number of hydrogen-bond donors (Lipinski definition) is 0. The van der Waals surface area contributed by atoms with Gasteiger partial charge in [-0.15, -0.1) is 0 Å². The molecule has 0 saturated carbocycles. The SMILES string of the molecule is CC1CN(C(=O)c2ccc(Cl)c(S(C)(=O)=O)c2)CC(C)O1. The predicted octanol–water partition coefficient (Wildman–Crippen LogP) is 1.99. The molecule has 0 bridgehead atoms. The van der Waals surface area contributed by atoms with Crippen LogP contribution in [0.1, 0.15) is 24.2 Å². The molecule has 0 aromatic heterocycles. The number of rotatable bonds is 2. The maximum Gasteiger partial charge on any atom is 0.254 e. The van der Waals surface area contributed by atoms with Gasteiger partial charge in [0.2, 0.25) is 0 Å². The molecule has 21 heavy (non-hydrogen) atoms. The number of carbonyl (C=O) groups is 1. The fraction of sp³-hybridized carbons (Fsp3) is 0.500. The van der Waals surface area contributed by atoms with Crippen molar-refractivity contribution in [3.63, 3.8) is 0 Å². The molecule has 1 amide bonds. The molecule has 1 aliphatic heterocycles. The highest BCUT2D eigenvalue weighted by atomic mass is 35.5. The van der Waals surface area contributed by atoms with Gasteiger partial charge in [-0.25, -0.2) is 8.42 Å². The minimum absolute atomic E-state index is 0.0237. The molecule has 1 fully saturated rings. The van der Waals surface area contributed by atoms with Crippen molar-refractivity contribution in [3.05, 3.63) is 28.8 Å². The second-order valence-corrected chi connectivity index (χ2v) is 7.78. The van der Waals surface area contributed by atoms with Crippen molar-refractivity contribution in [1.82, 2.24) is 4.90 Å². The lowest BCUT2D eigenvalue weighted by Crippen LogP contribution is -2.48. The van der Waals surface area contributed by atoms with Crippen molar-refractivity contribution >= 4 is 27.3 Å². The Labute approximate surface area is 129 Å². The number of benzene rings is 1. The molecular weight excluding hydrogens is 314 g/mol. The molecule has 0 radical (unpaired) electrons. The quantitative estimate of drug-likeness (QED) is 0.831. The van der Waals surface area contributed by atoms with Crippen molar-refractivity contribution < 1.29 is 17.9 Å². The fourth-order valence-corrected chi connectivity index (χ4v) is 3.75. The van der Waals surface area contributed by atoms with Crippen molar-refractivity contribution in [2.45, 2.75) is 31.0 Å². The third kappa shape index (κ3) is 3.75. The molecule has 0 N–H and O–H groups in total. The van der Waals surface area contributed by atoms with Gasteiger partial charge in [-0.3, -0.25) is 4.79 Å². The van der Waals surface area contributed by atoms with Crippen molar-refractivity contribution in [3.8, 4) is 0 Å². The number of carbonyl (C=O) groups excluding carboxylic acids is 1. The minimum Gasteiger partial charge on any atom is -0.372 e. The summed E-state index contributed by atoms with van der Waals surface area (Å²) >= 11 is 5.89. The molecule has 1 aromatic carbocycles. The summed E-state index contributed by atoms with van der Waals surface area (Å²) in [6, 6.07) is 4.33. The Balaban J connectivity index is 2.32. The highest BCUT2D eigenvalue weighted by molar-refractivity contribution is 7.90. The van der Waals surface area contributed by atoms with Crippen LogP contribution in [0.5, 0.6) is 0 Å². The van der Waals surface area contributed by atoms with Crippen LogP contribution in [0, 0.1) is 0 Å². The summed E-state index contributed by atoms with van der Waals surface area (Å²) in [5.74, 6) is -0.210. The Bertz CT molecular complexity index is 649. The number of sulfone groups is 1. The van der Waals surface area contributed by atoms with Gasteiger partial charge in [0.1, 0.15) is 0 Å². The molecular formula is C14H18ClNO4S. The lowest BCUT2D eigenvalue weighted by Gasteiger charge is -2.35. The average Bonchev–Trinajstić information content (AvgIpc) is 2.36. The van der Waals surface area contributed by atoms with Gasteiger partial charge in [0.15, 0.2) is 9.84 Å². The van der Waals surface area contributed by atoms with Crippen LogP contribution in [-0.2, 0) is 14.6 Å². The summed E-state index contributed by atoms with van der Waals surface area (Å²) in [6.45, 7) is 4.78. The molecule has 5 nitrogen and oxygen atoms in total. The number of hydrogen-bond acceptors (Lipinski definition) is 4. The van der Waals surface area contributed by atoms with E-state index in [0.29, 0.717) is 18.7 Å². The van der Waals surface area contributed by atoms with Gasteiger partial charge in [-0.1, -0.05) is 11.6 Å². The van der Waals surface area contributed by atoms with Gasteiger partial charge < -0.3 is 9.64 Å². The highest BCUT2D eigenvalue weighted by Crippen LogP contribution is 2.24. The van der Waals surface area contributed by atoms with E-state index >= 15 is 0 Å². The molecule has 0 aliphatic carbocycles. The highest BCUT2D eigenvalue weighted by Gasteiger charge is 2.27. The normalized spacial score (nSPS) is 23.1. The van der Waals surface area contributed by atoms with E-state index in [4.69, 9.17) is 16.3 Å². The molecule has 2 unspecified atom stereocenters. The van der Waals surface area contributed by atoms with E-state index < -0.39 is 9.84 Å². The average molecular weight is 332 g/mol. The van der Waals surface area contributed by atoms with E-state index in [2.05, 4.69) is 0 Å². The molecule has 7 heteroatoms. The van der Waals surface area contributed by atoms with E-state index in [1.54, 1.807) is 11.0 Å². The van der Waals surface area contributed by atoms with Crippen LogP contribution >= 0.6 is 11.6 Å².